The van der Waals surface area contributed by atoms with Gasteiger partial charge >= 0.3 is 0 Å². The molecule has 4 N–H and O–H groups in total. The van der Waals surface area contributed by atoms with Crippen molar-refractivity contribution in [2.45, 2.75) is 0 Å². The lowest BCUT2D eigenvalue weighted by Gasteiger charge is -2.10. The molecule has 1 aromatic rings. The van der Waals surface area contributed by atoms with Gasteiger partial charge in [0.2, 0.25) is 0 Å². The number of carbonyl (C=O) groups is 2. The number of hydrogen-bond donors (Lipinski definition) is 3. The molecule has 0 atom stereocenters. The summed E-state index contributed by atoms with van der Waals surface area (Å²) in [5, 5.41) is 5.11. The number of nitrogens with two attached hydrogens (primary N) is 1. The molecule has 7 nitrogen and oxygen atoms in total. The van der Waals surface area contributed by atoms with Gasteiger partial charge in [-0.25, -0.2) is 0 Å². The van der Waals surface area contributed by atoms with Crippen molar-refractivity contribution in [2.75, 3.05) is 39.6 Å². The number of hydrogen-bond acceptors (Lipinski definition) is 5. The fourth-order valence-electron chi connectivity index (χ4n) is 1.43. The number of nitrogens with one attached hydrogen (secondary N) is 2. The van der Waals surface area contributed by atoms with E-state index in [1.54, 1.807) is 19.2 Å². The second-order valence-electron chi connectivity index (χ2n) is 3.96. The van der Waals surface area contributed by atoms with Gasteiger partial charge in [-0.15, -0.1) is 0 Å². The third-order valence-corrected chi connectivity index (χ3v) is 2.49. The van der Waals surface area contributed by atoms with Crippen LogP contribution >= 0.6 is 0 Å². The van der Waals surface area contributed by atoms with Crippen molar-refractivity contribution >= 4 is 17.5 Å². The lowest BCUT2D eigenvalue weighted by molar-refractivity contribution is -0.123. The second-order valence-corrected chi connectivity index (χ2v) is 3.96. The van der Waals surface area contributed by atoms with Gasteiger partial charge in [-0.2, -0.15) is 0 Å². The summed E-state index contributed by atoms with van der Waals surface area (Å²) in [4.78, 5) is 23.0. The number of rotatable bonds is 7. The molecule has 1 rings (SSSR count). The van der Waals surface area contributed by atoms with Gasteiger partial charge in [0, 0.05) is 26.3 Å². The van der Waals surface area contributed by atoms with Crippen LogP contribution in [0.15, 0.2) is 18.2 Å². The maximum Gasteiger partial charge on any atom is 0.258 e. The highest BCUT2D eigenvalue weighted by Gasteiger charge is 2.09. The molecule has 0 aliphatic carbocycles. The maximum atomic E-state index is 11.5. The number of amides is 2. The van der Waals surface area contributed by atoms with E-state index in [1.165, 1.54) is 13.1 Å². The molecule has 0 spiro atoms. The largest absolute Gasteiger partial charge is 0.482 e. The zero-order valence-corrected chi connectivity index (χ0v) is 11.6. The molecule has 0 unspecified atom stereocenters. The maximum absolute atomic E-state index is 11.5. The fourth-order valence-corrected chi connectivity index (χ4v) is 1.43. The van der Waals surface area contributed by atoms with Gasteiger partial charge in [0.15, 0.2) is 6.61 Å². The first-order valence-electron chi connectivity index (χ1n) is 6.08. The van der Waals surface area contributed by atoms with E-state index in [-0.39, 0.29) is 18.4 Å². The van der Waals surface area contributed by atoms with E-state index in [1.807, 2.05) is 0 Å². The number of nitrogen functional groups attached to an aromatic ring is 1. The minimum absolute atomic E-state index is 0.175. The Labute approximate surface area is 117 Å². The summed E-state index contributed by atoms with van der Waals surface area (Å²) in [5.41, 5.74) is 6.51. The van der Waals surface area contributed by atoms with Gasteiger partial charge in [0.05, 0.1) is 12.3 Å². The van der Waals surface area contributed by atoms with Crippen molar-refractivity contribution in [3.05, 3.63) is 23.8 Å². The molecule has 110 valence electrons. The molecule has 20 heavy (non-hydrogen) atoms. The van der Waals surface area contributed by atoms with Gasteiger partial charge in [-0.3, -0.25) is 9.59 Å². The SMILES string of the molecule is CNC(=O)c1ccc(N)c(OCC(=O)NCCOC)c1. The summed E-state index contributed by atoms with van der Waals surface area (Å²) in [6.45, 7) is 0.664. The average molecular weight is 281 g/mol. The molecule has 0 aromatic heterocycles. The lowest BCUT2D eigenvalue weighted by Crippen LogP contribution is -2.31. The molecular weight excluding hydrogens is 262 g/mol. The van der Waals surface area contributed by atoms with Gasteiger partial charge in [0.25, 0.3) is 11.8 Å². The molecule has 2 amide bonds. The van der Waals surface area contributed by atoms with Crippen LogP contribution in [-0.4, -0.2) is 45.7 Å². The van der Waals surface area contributed by atoms with E-state index in [0.717, 1.165) is 0 Å². The van der Waals surface area contributed by atoms with Crippen molar-refractivity contribution < 1.29 is 19.1 Å². The van der Waals surface area contributed by atoms with Crippen molar-refractivity contribution in [3.8, 4) is 5.75 Å². The Morgan fingerprint density at radius 1 is 1.35 bits per heavy atom. The van der Waals surface area contributed by atoms with Crippen LogP contribution in [0.2, 0.25) is 0 Å². The second kappa shape index (κ2) is 8.00. The lowest BCUT2D eigenvalue weighted by atomic mass is 10.2. The number of anilines is 1. The van der Waals surface area contributed by atoms with Gasteiger partial charge in [-0.05, 0) is 18.2 Å². The zero-order chi connectivity index (χ0) is 15.0. The first-order chi connectivity index (χ1) is 9.58. The number of methoxy groups -OCH3 is 1. The Hall–Kier alpha value is -2.28. The first-order valence-corrected chi connectivity index (χ1v) is 6.08. The summed E-state index contributed by atoms with van der Waals surface area (Å²) >= 11 is 0. The fraction of sp³-hybridized carbons (Fsp3) is 0.385. The van der Waals surface area contributed by atoms with Crippen molar-refractivity contribution in [2.24, 2.45) is 0 Å². The van der Waals surface area contributed by atoms with Gasteiger partial charge in [0.1, 0.15) is 5.75 Å². The van der Waals surface area contributed by atoms with Crippen LogP contribution in [0.3, 0.4) is 0 Å². The normalized spacial score (nSPS) is 9.90. The molecule has 1 aromatic carbocycles. The minimum Gasteiger partial charge on any atom is -0.482 e. The number of benzene rings is 1. The van der Waals surface area contributed by atoms with E-state index in [0.29, 0.717) is 30.2 Å². The van der Waals surface area contributed by atoms with E-state index in [4.69, 9.17) is 15.2 Å². The summed E-state index contributed by atoms with van der Waals surface area (Å²) in [6.07, 6.45) is 0. The van der Waals surface area contributed by atoms with Crippen molar-refractivity contribution in [1.82, 2.24) is 10.6 Å². The summed E-state index contributed by atoms with van der Waals surface area (Å²) < 4.78 is 10.1. The van der Waals surface area contributed by atoms with E-state index in [9.17, 15) is 9.59 Å². The van der Waals surface area contributed by atoms with Crippen LogP contribution < -0.4 is 21.1 Å². The van der Waals surface area contributed by atoms with Crippen LogP contribution in [-0.2, 0) is 9.53 Å². The Bertz CT molecular complexity index is 477. The molecular formula is C13H19N3O4. The van der Waals surface area contributed by atoms with E-state index < -0.39 is 0 Å². The summed E-state index contributed by atoms with van der Waals surface area (Å²) in [6, 6.07) is 4.64. The van der Waals surface area contributed by atoms with Crippen molar-refractivity contribution in [3.63, 3.8) is 0 Å². The molecule has 0 radical (unpaired) electrons. The number of ether oxygens (including phenoxy) is 2. The van der Waals surface area contributed by atoms with Crippen LogP contribution in [0, 0.1) is 0 Å². The standard InChI is InChI=1S/C13H19N3O4/c1-15-13(18)9-3-4-10(14)11(7-9)20-8-12(17)16-5-6-19-2/h3-4,7H,5-6,8,14H2,1-2H3,(H,15,18)(H,16,17). The minimum atomic E-state index is -0.285. The average Bonchev–Trinajstić information content (AvgIpc) is 2.46. The molecule has 0 aliphatic heterocycles. The smallest absolute Gasteiger partial charge is 0.258 e. The number of carbonyl (C=O) groups excluding carboxylic acids is 2. The van der Waals surface area contributed by atoms with Gasteiger partial charge < -0.3 is 25.8 Å². The highest BCUT2D eigenvalue weighted by atomic mass is 16.5. The Balaban J connectivity index is 2.58. The predicted molar refractivity (Wildman–Crippen MR) is 74.6 cm³/mol. The topological polar surface area (TPSA) is 103 Å². The molecule has 0 fully saturated rings. The molecule has 7 heteroatoms. The Morgan fingerprint density at radius 2 is 2.10 bits per heavy atom. The first kappa shape index (κ1) is 15.8. The highest BCUT2D eigenvalue weighted by Crippen LogP contribution is 2.22. The van der Waals surface area contributed by atoms with Gasteiger partial charge in [-0.1, -0.05) is 0 Å². The molecule has 0 saturated heterocycles. The Morgan fingerprint density at radius 3 is 2.75 bits per heavy atom. The zero-order valence-electron chi connectivity index (χ0n) is 11.6. The van der Waals surface area contributed by atoms with Crippen LogP contribution in [0.1, 0.15) is 10.4 Å². The molecule has 0 saturated carbocycles. The third kappa shape index (κ3) is 4.77. The molecule has 0 aliphatic rings. The highest BCUT2D eigenvalue weighted by molar-refractivity contribution is 5.95. The monoisotopic (exact) mass is 281 g/mol. The van der Waals surface area contributed by atoms with Crippen LogP contribution in [0.4, 0.5) is 5.69 Å². The molecule has 0 bridgehead atoms. The van der Waals surface area contributed by atoms with Crippen LogP contribution in [0.5, 0.6) is 5.75 Å². The quantitative estimate of drug-likeness (QED) is 0.473. The van der Waals surface area contributed by atoms with Crippen LogP contribution in [0.25, 0.3) is 0 Å². The summed E-state index contributed by atoms with van der Waals surface area (Å²) in [5.74, 6) is -0.237. The van der Waals surface area contributed by atoms with E-state index >= 15 is 0 Å². The molecule has 0 heterocycles. The van der Waals surface area contributed by atoms with E-state index in [2.05, 4.69) is 10.6 Å². The predicted octanol–water partition coefficient (Wildman–Crippen LogP) is -0.230. The van der Waals surface area contributed by atoms with Crippen molar-refractivity contribution in [1.29, 1.82) is 0 Å². The Kier molecular flexibility index (Phi) is 6.31. The summed E-state index contributed by atoms with van der Waals surface area (Å²) in [7, 11) is 3.08. The third-order valence-electron chi connectivity index (χ3n) is 2.49.